The minimum Gasteiger partial charge on any atom is -0.317 e. The average molecular weight is 226 g/mol. The molecule has 1 unspecified atom stereocenters. The Morgan fingerprint density at radius 3 is 2.64 bits per heavy atom. The maximum Gasteiger partial charge on any atom is 0.150 e. The van der Waals surface area contributed by atoms with Crippen LogP contribution in [0.1, 0.15) is 16.7 Å². The Balaban J connectivity index is 2.34. The molecule has 3 nitrogen and oxygen atoms in total. The zero-order valence-electron chi connectivity index (χ0n) is 7.22. The molecular formula is C9H8ClN3S. The Morgan fingerprint density at radius 2 is 2.07 bits per heavy atom. The van der Waals surface area contributed by atoms with Crippen molar-refractivity contribution in [3.8, 4) is 0 Å². The molecule has 0 aliphatic rings. The molecule has 0 saturated heterocycles. The van der Waals surface area contributed by atoms with Gasteiger partial charge < -0.3 is 5.73 Å². The summed E-state index contributed by atoms with van der Waals surface area (Å²) in [7, 11) is 0. The van der Waals surface area contributed by atoms with E-state index in [1.165, 1.54) is 11.3 Å². The van der Waals surface area contributed by atoms with Crippen molar-refractivity contribution < 1.29 is 0 Å². The van der Waals surface area contributed by atoms with Gasteiger partial charge in [-0.05, 0) is 17.5 Å². The van der Waals surface area contributed by atoms with E-state index in [4.69, 9.17) is 17.3 Å². The highest BCUT2D eigenvalue weighted by Gasteiger charge is 2.15. The van der Waals surface area contributed by atoms with Gasteiger partial charge in [-0.15, -0.1) is 11.3 Å². The van der Waals surface area contributed by atoms with Gasteiger partial charge in [-0.3, -0.25) is 0 Å². The van der Waals surface area contributed by atoms with Gasteiger partial charge in [0.05, 0.1) is 5.02 Å². The summed E-state index contributed by atoms with van der Waals surface area (Å²) in [5, 5.41) is 2.58. The molecule has 0 aliphatic carbocycles. The van der Waals surface area contributed by atoms with Gasteiger partial charge >= 0.3 is 0 Å². The van der Waals surface area contributed by atoms with Gasteiger partial charge in [-0.2, -0.15) is 0 Å². The monoisotopic (exact) mass is 225 g/mol. The minimum absolute atomic E-state index is 0.330. The molecule has 2 aromatic heterocycles. The molecule has 2 N–H and O–H groups in total. The van der Waals surface area contributed by atoms with E-state index in [2.05, 4.69) is 9.97 Å². The smallest absolute Gasteiger partial charge is 0.150 e. The van der Waals surface area contributed by atoms with Gasteiger partial charge in [0.1, 0.15) is 11.9 Å². The standard InChI is InChI=1S/C9H8ClN3S/c10-6-2-5-14-8(6)7(11)9-12-3-1-4-13-9/h1-5,7H,11H2. The fraction of sp³-hybridized carbons (Fsp3) is 0.111. The van der Waals surface area contributed by atoms with E-state index in [1.807, 2.05) is 11.4 Å². The van der Waals surface area contributed by atoms with Crippen LogP contribution >= 0.6 is 22.9 Å². The molecule has 0 spiro atoms. The predicted molar refractivity (Wildman–Crippen MR) is 57.4 cm³/mol. The number of rotatable bonds is 2. The quantitative estimate of drug-likeness (QED) is 0.853. The predicted octanol–water partition coefficient (Wildman–Crippen LogP) is 2.24. The zero-order valence-corrected chi connectivity index (χ0v) is 8.79. The number of halogens is 1. The van der Waals surface area contributed by atoms with E-state index in [0.29, 0.717) is 10.8 Å². The molecule has 0 fully saturated rings. The zero-order chi connectivity index (χ0) is 9.97. The molecule has 0 amide bonds. The van der Waals surface area contributed by atoms with Crippen molar-refractivity contribution in [2.24, 2.45) is 5.73 Å². The number of hydrogen-bond acceptors (Lipinski definition) is 4. The summed E-state index contributed by atoms with van der Waals surface area (Å²) >= 11 is 7.47. The highest BCUT2D eigenvalue weighted by Crippen LogP contribution is 2.29. The molecule has 5 heteroatoms. The Morgan fingerprint density at radius 1 is 1.36 bits per heavy atom. The second-order valence-corrected chi connectivity index (χ2v) is 4.07. The molecule has 14 heavy (non-hydrogen) atoms. The third-order valence-electron chi connectivity index (χ3n) is 1.79. The van der Waals surface area contributed by atoms with Crippen molar-refractivity contribution in [3.63, 3.8) is 0 Å². The van der Waals surface area contributed by atoms with Crippen LogP contribution in [0.2, 0.25) is 5.02 Å². The molecule has 2 aromatic rings. The fourth-order valence-corrected chi connectivity index (χ4v) is 2.29. The lowest BCUT2D eigenvalue weighted by atomic mass is 10.2. The van der Waals surface area contributed by atoms with E-state index in [0.717, 1.165) is 4.88 Å². The van der Waals surface area contributed by atoms with E-state index in [1.54, 1.807) is 18.5 Å². The normalized spacial score (nSPS) is 12.7. The van der Waals surface area contributed by atoms with Gasteiger partial charge in [-0.1, -0.05) is 11.6 Å². The Hall–Kier alpha value is -0.970. The molecule has 2 rings (SSSR count). The first kappa shape index (κ1) is 9.58. The summed E-state index contributed by atoms with van der Waals surface area (Å²) in [6.45, 7) is 0. The summed E-state index contributed by atoms with van der Waals surface area (Å²) < 4.78 is 0. The van der Waals surface area contributed by atoms with E-state index >= 15 is 0 Å². The lowest BCUT2D eigenvalue weighted by Gasteiger charge is -2.07. The van der Waals surface area contributed by atoms with Crippen LogP contribution in [0.5, 0.6) is 0 Å². The molecule has 1 atom stereocenters. The lowest BCUT2D eigenvalue weighted by molar-refractivity contribution is 0.795. The number of hydrogen-bond donors (Lipinski definition) is 1. The van der Waals surface area contributed by atoms with E-state index in [-0.39, 0.29) is 6.04 Å². The van der Waals surface area contributed by atoms with Crippen LogP contribution < -0.4 is 5.73 Å². The minimum atomic E-state index is -0.330. The highest BCUT2D eigenvalue weighted by atomic mass is 35.5. The molecule has 0 aromatic carbocycles. The van der Waals surface area contributed by atoms with Crippen molar-refractivity contribution >= 4 is 22.9 Å². The third kappa shape index (κ3) is 1.77. The summed E-state index contributed by atoms with van der Waals surface area (Å²) in [6, 6.07) is 3.25. The van der Waals surface area contributed by atoms with Crippen LogP contribution in [0, 0.1) is 0 Å². The lowest BCUT2D eigenvalue weighted by Crippen LogP contribution is -2.13. The van der Waals surface area contributed by atoms with Gasteiger partial charge in [0.2, 0.25) is 0 Å². The molecule has 0 aliphatic heterocycles. The number of aromatic nitrogens is 2. The number of nitrogens with two attached hydrogens (primary N) is 1. The summed E-state index contributed by atoms with van der Waals surface area (Å²) in [4.78, 5) is 9.08. The van der Waals surface area contributed by atoms with Crippen LogP contribution in [0.4, 0.5) is 0 Å². The van der Waals surface area contributed by atoms with Crippen molar-refractivity contribution in [1.82, 2.24) is 9.97 Å². The second kappa shape index (κ2) is 4.04. The van der Waals surface area contributed by atoms with Gasteiger partial charge in [0.15, 0.2) is 0 Å². The molecular weight excluding hydrogens is 218 g/mol. The van der Waals surface area contributed by atoms with Crippen LogP contribution in [0.3, 0.4) is 0 Å². The maximum atomic E-state index is 5.96. The largest absolute Gasteiger partial charge is 0.317 e. The van der Waals surface area contributed by atoms with Crippen LogP contribution in [-0.2, 0) is 0 Å². The Labute approximate surface area is 90.6 Å². The highest BCUT2D eigenvalue weighted by molar-refractivity contribution is 7.10. The average Bonchev–Trinajstić information content (AvgIpc) is 2.65. The Bertz CT molecular complexity index is 415. The first-order valence-electron chi connectivity index (χ1n) is 4.04. The maximum absolute atomic E-state index is 5.96. The molecule has 2 heterocycles. The van der Waals surface area contributed by atoms with Crippen molar-refractivity contribution in [2.45, 2.75) is 6.04 Å². The number of thiophene rings is 1. The summed E-state index contributed by atoms with van der Waals surface area (Å²) in [6.07, 6.45) is 3.34. The summed E-state index contributed by atoms with van der Waals surface area (Å²) in [5.74, 6) is 0.594. The van der Waals surface area contributed by atoms with Gasteiger partial charge in [0.25, 0.3) is 0 Å². The number of nitrogens with zero attached hydrogens (tertiary/aromatic N) is 2. The van der Waals surface area contributed by atoms with Crippen molar-refractivity contribution in [3.05, 3.63) is 45.6 Å². The van der Waals surface area contributed by atoms with Crippen molar-refractivity contribution in [1.29, 1.82) is 0 Å². The molecule has 0 radical (unpaired) electrons. The SMILES string of the molecule is NC(c1ncccn1)c1sccc1Cl. The fourth-order valence-electron chi connectivity index (χ4n) is 1.12. The Kier molecular flexibility index (Phi) is 2.77. The molecule has 0 bridgehead atoms. The van der Waals surface area contributed by atoms with Gasteiger partial charge in [0, 0.05) is 17.3 Å². The van der Waals surface area contributed by atoms with Crippen LogP contribution in [0.15, 0.2) is 29.9 Å². The van der Waals surface area contributed by atoms with Gasteiger partial charge in [-0.25, -0.2) is 9.97 Å². The van der Waals surface area contributed by atoms with E-state index in [9.17, 15) is 0 Å². The second-order valence-electron chi connectivity index (χ2n) is 2.72. The topological polar surface area (TPSA) is 51.8 Å². The molecule has 0 saturated carbocycles. The van der Waals surface area contributed by atoms with E-state index < -0.39 is 0 Å². The van der Waals surface area contributed by atoms with Crippen LogP contribution in [0.25, 0.3) is 0 Å². The van der Waals surface area contributed by atoms with Crippen molar-refractivity contribution in [2.75, 3.05) is 0 Å². The summed E-state index contributed by atoms with van der Waals surface area (Å²) in [5.41, 5.74) is 5.96. The first-order valence-corrected chi connectivity index (χ1v) is 5.30. The first-order chi connectivity index (χ1) is 6.79. The van der Waals surface area contributed by atoms with Crippen LogP contribution in [-0.4, -0.2) is 9.97 Å². The third-order valence-corrected chi connectivity index (χ3v) is 3.23. The molecule has 72 valence electrons.